The molecule has 3 aliphatic rings. The number of phenolic OH excluding ortho intramolecular Hbond substituents is 2. The van der Waals surface area contributed by atoms with Crippen molar-refractivity contribution in [1.82, 2.24) is 0 Å². The number of nitrogens with two attached hydrogens (primary N) is 1. The molecule has 1 spiro atoms. The van der Waals surface area contributed by atoms with Crippen molar-refractivity contribution in [3.8, 4) is 11.5 Å². The zero-order valence-corrected chi connectivity index (χ0v) is 19.1. The van der Waals surface area contributed by atoms with Crippen LogP contribution in [-0.4, -0.2) is 34.0 Å². The van der Waals surface area contributed by atoms with Gasteiger partial charge in [-0.05, 0) is 48.0 Å². The van der Waals surface area contributed by atoms with Gasteiger partial charge in [0.05, 0.1) is 11.4 Å². The number of anilines is 2. The lowest BCUT2D eigenvalue weighted by Crippen LogP contribution is -2.99. The van der Waals surface area contributed by atoms with Crippen LogP contribution in [0.1, 0.15) is 11.1 Å². The SMILES string of the molecule is O=C1[C@@H]2[C@H](Cc3ccc(O)c(O)c3)[NH2+][C@]3(C(=O)Nc4ccccc43)[C@@H]2C(=O)N1c1ccc(Cl)cc1. The average molecular weight is 491 g/mol. The number of quaternary nitrogens is 1. The molecule has 9 heteroatoms. The maximum Gasteiger partial charge on any atom is 0.291 e. The van der Waals surface area contributed by atoms with Crippen molar-refractivity contribution < 1.29 is 29.9 Å². The number of imide groups is 1. The molecule has 3 aromatic carbocycles. The molecule has 0 radical (unpaired) electrons. The number of fused-ring (bicyclic) bond motifs is 4. The number of aromatic hydroxyl groups is 2. The number of phenols is 2. The lowest BCUT2D eigenvalue weighted by atomic mass is 9.76. The fourth-order valence-electron chi connectivity index (χ4n) is 5.92. The van der Waals surface area contributed by atoms with Crippen molar-refractivity contribution in [3.63, 3.8) is 0 Å². The van der Waals surface area contributed by atoms with Gasteiger partial charge in [0.2, 0.25) is 17.4 Å². The molecule has 176 valence electrons. The minimum absolute atomic E-state index is 0.247. The first kappa shape index (κ1) is 21.6. The fraction of sp³-hybridized carbons (Fsp3) is 0.192. The number of carbonyl (C=O) groups is 3. The van der Waals surface area contributed by atoms with Gasteiger partial charge in [-0.3, -0.25) is 14.4 Å². The van der Waals surface area contributed by atoms with E-state index in [4.69, 9.17) is 11.6 Å². The number of para-hydroxylation sites is 1. The topological polar surface area (TPSA) is 124 Å². The molecule has 3 amide bonds. The Bertz CT molecular complexity index is 1410. The zero-order chi connectivity index (χ0) is 24.5. The predicted molar refractivity (Wildman–Crippen MR) is 127 cm³/mol. The number of rotatable bonds is 3. The van der Waals surface area contributed by atoms with Crippen LogP contribution in [0.4, 0.5) is 11.4 Å². The standard InChI is InChI=1S/C26H20ClN3O5/c27-14-6-8-15(9-7-14)30-23(33)21-18(11-13-5-10-19(31)20(32)12-13)29-26(22(21)24(30)34)16-3-1-2-4-17(16)28-25(26)35/h1-10,12,18,21-22,29,31-32H,11H2,(H,28,35)/p+1/t18-,21+,22-,26-/m0/s1. The third-order valence-electron chi connectivity index (χ3n) is 7.37. The molecular formula is C26H21ClN3O5+. The molecule has 0 bridgehead atoms. The van der Waals surface area contributed by atoms with E-state index >= 15 is 0 Å². The van der Waals surface area contributed by atoms with Gasteiger partial charge in [0.15, 0.2) is 11.5 Å². The molecule has 3 aromatic rings. The second-order valence-corrected chi connectivity index (χ2v) is 9.65. The Morgan fingerprint density at radius 1 is 0.943 bits per heavy atom. The summed E-state index contributed by atoms with van der Waals surface area (Å²) in [5, 5.41) is 24.9. The van der Waals surface area contributed by atoms with E-state index in [9.17, 15) is 24.6 Å². The number of nitrogens with one attached hydrogen (secondary N) is 1. The highest BCUT2D eigenvalue weighted by Crippen LogP contribution is 2.50. The third-order valence-corrected chi connectivity index (χ3v) is 7.62. The summed E-state index contributed by atoms with van der Waals surface area (Å²) in [6.07, 6.45) is 0.305. The van der Waals surface area contributed by atoms with E-state index < -0.39 is 29.3 Å². The first-order chi connectivity index (χ1) is 16.8. The minimum Gasteiger partial charge on any atom is -0.504 e. The Hall–Kier alpha value is -3.88. The van der Waals surface area contributed by atoms with Crippen LogP contribution in [0.15, 0.2) is 66.7 Å². The number of hydrogen-bond donors (Lipinski definition) is 4. The van der Waals surface area contributed by atoms with Crippen molar-refractivity contribution in [2.24, 2.45) is 11.8 Å². The Morgan fingerprint density at radius 2 is 1.69 bits per heavy atom. The molecule has 5 N–H and O–H groups in total. The molecule has 0 aliphatic carbocycles. The van der Waals surface area contributed by atoms with Gasteiger partial charge in [0.25, 0.3) is 5.91 Å². The Morgan fingerprint density at radius 3 is 2.43 bits per heavy atom. The second kappa shape index (κ2) is 7.56. The van der Waals surface area contributed by atoms with Gasteiger partial charge < -0.3 is 20.8 Å². The number of benzene rings is 3. The molecule has 0 saturated carbocycles. The zero-order valence-electron chi connectivity index (χ0n) is 18.3. The van der Waals surface area contributed by atoms with Crippen LogP contribution >= 0.6 is 11.6 Å². The number of halogens is 1. The fourth-order valence-corrected chi connectivity index (χ4v) is 6.05. The maximum absolute atomic E-state index is 13.9. The highest BCUT2D eigenvalue weighted by Gasteiger charge is 2.74. The first-order valence-electron chi connectivity index (χ1n) is 11.2. The third kappa shape index (κ3) is 3.00. The van der Waals surface area contributed by atoms with Crippen molar-refractivity contribution in [3.05, 3.63) is 82.9 Å². The molecule has 4 atom stereocenters. The Labute approximate surface area is 205 Å². The molecule has 3 heterocycles. The van der Waals surface area contributed by atoms with E-state index in [1.54, 1.807) is 36.4 Å². The first-order valence-corrected chi connectivity index (χ1v) is 11.6. The van der Waals surface area contributed by atoms with Gasteiger partial charge in [-0.15, -0.1) is 0 Å². The summed E-state index contributed by atoms with van der Waals surface area (Å²) in [4.78, 5) is 42.4. The summed E-state index contributed by atoms with van der Waals surface area (Å²) in [5.41, 5.74) is 1.09. The van der Waals surface area contributed by atoms with E-state index in [0.29, 0.717) is 33.9 Å². The monoisotopic (exact) mass is 490 g/mol. The molecule has 0 unspecified atom stereocenters. The summed E-state index contributed by atoms with van der Waals surface area (Å²) in [7, 11) is 0. The van der Waals surface area contributed by atoms with Crippen LogP contribution in [0.25, 0.3) is 0 Å². The highest BCUT2D eigenvalue weighted by molar-refractivity contribution is 6.31. The second-order valence-electron chi connectivity index (χ2n) is 9.22. The highest BCUT2D eigenvalue weighted by atomic mass is 35.5. The van der Waals surface area contributed by atoms with E-state index in [-0.39, 0.29) is 23.3 Å². The minimum atomic E-state index is -1.29. The quantitative estimate of drug-likeness (QED) is 0.330. The maximum atomic E-state index is 13.9. The van der Waals surface area contributed by atoms with Gasteiger partial charge in [0, 0.05) is 17.0 Å². The molecule has 8 nitrogen and oxygen atoms in total. The van der Waals surface area contributed by atoms with E-state index in [1.807, 2.05) is 23.5 Å². The average Bonchev–Trinajstić information content (AvgIpc) is 3.42. The number of carbonyl (C=O) groups excluding carboxylic acids is 3. The summed E-state index contributed by atoms with van der Waals surface area (Å²) in [5.74, 6) is -3.34. The van der Waals surface area contributed by atoms with Crippen LogP contribution in [0.2, 0.25) is 5.02 Å². The van der Waals surface area contributed by atoms with Crippen LogP contribution in [-0.2, 0) is 26.3 Å². The lowest BCUT2D eigenvalue weighted by Gasteiger charge is -2.26. The van der Waals surface area contributed by atoms with Crippen molar-refractivity contribution >= 4 is 40.7 Å². The number of amides is 3. The largest absolute Gasteiger partial charge is 0.504 e. The normalized spacial score (nSPS) is 26.8. The molecule has 35 heavy (non-hydrogen) atoms. The Kier molecular flexibility index (Phi) is 4.67. The summed E-state index contributed by atoms with van der Waals surface area (Å²) in [6, 6.07) is 17.7. The molecule has 2 saturated heterocycles. The summed E-state index contributed by atoms with van der Waals surface area (Å²) in [6.45, 7) is 0. The number of hydrogen-bond acceptors (Lipinski definition) is 5. The van der Waals surface area contributed by atoms with Gasteiger partial charge >= 0.3 is 0 Å². The summed E-state index contributed by atoms with van der Waals surface area (Å²) >= 11 is 6.01. The smallest absolute Gasteiger partial charge is 0.291 e. The summed E-state index contributed by atoms with van der Waals surface area (Å²) < 4.78 is 0. The van der Waals surface area contributed by atoms with Crippen molar-refractivity contribution in [2.45, 2.75) is 18.0 Å². The van der Waals surface area contributed by atoms with Gasteiger partial charge in [-0.2, -0.15) is 0 Å². The molecule has 0 aromatic heterocycles. The van der Waals surface area contributed by atoms with E-state index in [0.717, 1.165) is 4.90 Å². The van der Waals surface area contributed by atoms with Crippen molar-refractivity contribution in [1.29, 1.82) is 0 Å². The van der Waals surface area contributed by atoms with Crippen LogP contribution in [0, 0.1) is 11.8 Å². The van der Waals surface area contributed by atoms with Gasteiger partial charge in [-0.1, -0.05) is 35.9 Å². The lowest BCUT2D eigenvalue weighted by molar-refractivity contribution is -0.733. The van der Waals surface area contributed by atoms with Crippen molar-refractivity contribution in [2.75, 3.05) is 10.2 Å². The van der Waals surface area contributed by atoms with Gasteiger partial charge in [-0.25, -0.2) is 4.90 Å². The molecule has 6 rings (SSSR count). The van der Waals surface area contributed by atoms with E-state index in [2.05, 4.69) is 5.32 Å². The van der Waals surface area contributed by atoms with Crippen LogP contribution in [0.3, 0.4) is 0 Å². The number of nitrogens with zero attached hydrogens (tertiary/aromatic N) is 1. The van der Waals surface area contributed by atoms with Crippen LogP contribution in [0.5, 0.6) is 11.5 Å². The molecular weight excluding hydrogens is 470 g/mol. The predicted octanol–water partition coefficient (Wildman–Crippen LogP) is 1.89. The van der Waals surface area contributed by atoms with Gasteiger partial charge in [0.1, 0.15) is 17.9 Å². The van der Waals surface area contributed by atoms with Crippen LogP contribution < -0.4 is 15.5 Å². The molecule has 3 aliphatic heterocycles. The molecule has 2 fully saturated rings. The Balaban J connectivity index is 1.48. The van der Waals surface area contributed by atoms with E-state index in [1.165, 1.54) is 12.1 Å².